The molecule has 1 N–H and O–H groups in total. The normalized spacial score (nSPS) is 19.9. The van der Waals surface area contributed by atoms with Crippen LogP contribution in [-0.2, 0) is 22.5 Å². The van der Waals surface area contributed by atoms with Gasteiger partial charge in [0.25, 0.3) is 0 Å². The molecule has 3 rings (SSSR count). The summed E-state index contributed by atoms with van der Waals surface area (Å²) in [7, 11) is 0. The van der Waals surface area contributed by atoms with Crippen molar-refractivity contribution in [3.05, 3.63) is 65.7 Å². The van der Waals surface area contributed by atoms with Gasteiger partial charge in [0.1, 0.15) is 0 Å². The van der Waals surface area contributed by atoms with Gasteiger partial charge in [-0.15, -0.1) is 0 Å². The number of likely N-dealkylation sites (tertiary alicyclic amines) is 1. The largest absolute Gasteiger partial charge is 0.381 e. The quantitative estimate of drug-likeness (QED) is 0.613. The highest BCUT2D eigenvalue weighted by molar-refractivity contribution is 5.88. The molecule has 30 heavy (non-hydrogen) atoms. The van der Waals surface area contributed by atoms with Gasteiger partial charge in [0.2, 0.25) is 5.91 Å². The molecule has 4 nitrogen and oxygen atoms in total. The Balaban J connectivity index is 1.58. The van der Waals surface area contributed by atoms with Gasteiger partial charge in [-0.25, -0.2) is 0 Å². The molecule has 4 heteroatoms. The number of carbonyl (C=O) groups excluding carboxylic acids is 1. The van der Waals surface area contributed by atoms with Crippen LogP contribution in [0.4, 0.5) is 5.69 Å². The van der Waals surface area contributed by atoms with Gasteiger partial charge < -0.3 is 10.1 Å². The number of ether oxygens (including phenoxy) is 1. The van der Waals surface area contributed by atoms with Gasteiger partial charge in [-0.2, -0.15) is 0 Å². The van der Waals surface area contributed by atoms with E-state index < -0.39 is 0 Å². The van der Waals surface area contributed by atoms with E-state index in [0.717, 1.165) is 45.0 Å². The second-order valence-corrected chi connectivity index (χ2v) is 8.63. The zero-order valence-corrected chi connectivity index (χ0v) is 18.5. The fourth-order valence-corrected chi connectivity index (χ4v) is 4.46. The smallest absolute Gasteiger partial charge is 0.221 e. The Kier molecular flexibility index (Phi) is 8.47. The molecule has 1 aliphatic rings. The molecule has 1 aliphatic heterocycles. The average Bonchev–Trinajstić information content (AvgIpc) is 2.95. The lowest BCUT2D eigenvalue weighted by Crippen LogP contribution is -2.30. The van der Waals surface area contributed by atoms with Crippen molar-refractivity contribution in [2.45, 2.75) is 52.5 Å². The molecule has 1 heterocycles. The minimum atomic E-state index is -0.0311. The Morgan fingerprint density at radius 2 is 1.80 bits per heavy atom. The van der Waals surface area contributed by atoms with Crippen LogP contribution in [0.3, 0.4) is 0 Å². The first kappa shape index (κ1) is 22.5. The van der Waals surface area contributed by atoms with Crippen molar-refractivity contribution >= 4 is 11.6 Å². The summed E-state index contributed by atoms with van der Waals surface area (Å²) < 4.78 is 5.97. The van der Waals surface area contributed by atoms with E-state index in [0.29, 0.717) is 0 Å². The molecule has 1 amide bonds. The number of hydrogen-bond acceptors (Lipinski definition) is 3. The molecule has 1 saturated heterocycles. The Hall–Kier alpha value is -2.17. The molecule has 0 saturated carbocycles. The first-order valence-corrected chi connectivity index (χ1v) is 11.3. The number of anilines is 1. The van der Waals surface area contributed by atoms with Gasteiger partial charge in [-0.05, 0) is 80.8 Å². The van der Waals surface area contributed by atoms with Gasteiger partial charge in [-0.3, -0.25) is 9.69 Å². The van der Waals surface area contributed by atoms with Crippen LogP contribution in [0.15, 0.2) is 54.6 Å². The first-order chi connectivity index (χ1) is 14.6. The summed E-state index contributed by atoms with van der Waals surface area (Å²) in [6, 6.07) is 19.1. The maximum absolute atomic E-state index is 11.2. The molecule has 1 fully saturated rings. The van der Waals surface area contributed by atoms with Gasteiger partial charge in [-0.1, -0.05) is 42.5 Å². The number of hydrogen-bond donors (Lipinski definition) is 1. The van der Waals surface area contributed by atoms with E-state index in [1.807, 2.05) is 12.1 Å². The number of amides is 1. The van der Waals surface area contributed by atoms with E-state index in [2.05, 4.69) is 59.6 Å². The number of benzene rings is 2. The lowest BCUT2D eigenvalue weighted by molar-refractivity contribution is -0.114. The zero-order chi connectivity index (χ0) is 21.2. The van der Waals surface area contributed by atoms with Crippen molar-refractivity contribution in [2.75, 3.05) is 31.6 Å². The fourth-order valence-electron chi connectivity index (χ4n) is 4.46. The maximum Gasteiger partial charge on any atom is 0.221 e. The van der Waals surface area contributed by atoms with Crippen molar-refractivity contribution in [3.63, 3.8) is 0 Å². The Morgan fingerprint density at radius 3 is 2.50 bits per heavy atom. The van der Waals surface area contributed by atoms with Gasteiger partial charge in [0, 0.05) is 25.8 Å². The third-order valence-electron chi connectivity index (χ3n) is 6.22. The molecule has 1 atom stereocenters. The van der Waals surface area contributed by atoms with E-state index in [1.54, 1.807) is 0 Å². The number of carbonyl (C=O) groups is 1. The van der Waals surface area contributed by atoms with E-state index in [4.69, 9.17) is 4.74 Å². The van der Waals surface area contributed by atoms with Gasteiger partial charge in [0.05, 0.1) is 6.61 Å². The highest BCUT2D eigenvalue weighted by atomic mass is 16.5. The van der Waals surface area contributed by atoms with E-state index in [-0.39, 0.29) is 11.3 Å². The molecule has 2 aromatic carbocycles. The van der Waals surface area contributed by atoms with Crippen LogP contribution < -0.4 is 5.32 Å². The summed E-state index contributed by atoms with van der Waals surface area (Å²) in [5, 5.41) is 2.84. The third-order valence-corrected chi connectivity index (χ3v) is 6.22. The average molecular weight is 409 g/mol. The van der Waals surface area contributed by atoms with Crippen molar-refractivity contribution in [1.82, 2.24) is 4.90 Å². The highest BCUT2D eigenvalue weighted by Gasteiger charge is 2.32. The molecular weight excluding hydrogens is 372 g/mol. The molecule has 0 aliphatic carbocycles. The molecule has 0 spiro atoms. The number of nitrogens with one attached hydrogen (secondary N) is 1. The maximum atomic E-state index is 11.2. The second kappa shape index (κ2) is 11.3. The van der Waals surface area contributed by atoms with Gasteiger partial charge in [0.15, 0.2) is 0 Å². The van der Waals surface area contributed by atoms with Crippen molar-refractivity contribution in [2.24, 2.45) is 5.41 Å². The number of nitrogens with zero attached hydrogens (tertiary/aromatic N) is 1. The highest BCUT2D eigenvalue weighted by Crippen LogP contribution is 2.37. The summed E-state index contributed by atoms with van der Waals surface area (Å²) in [4.78, 5) is 13.8. The van der Waals surface area contributed by atoms with E-state index in [9.17, 15) is 4.79 Å². The monoisotopic (exact) mass is 408 g/mol. The molecule has 0 bridgehead atoms. The standard InChI is InChI=1S/C26H36N2O2/c1-3-30-21-26(16-14-23-8-5-4-6-9-23)15-7-18-28(19-17-26)20-24-10-12-25(13-11-24)27-22(2)29/h4-6,8-13H,3,7,14-21H2,1-2H3,(H,27,29)/t26-/m1/s1. The van der Waals surface area contributed by atoms with Crippen LogP contribution in [0.2, 0.25) is 0 Å². The molecule has 0 radical (unpaired) electrons. The number of rotatable bonds is 9. The molecule has 0 unspecified atom stereocenters. The second-order valence-electron chi connectivity index (χ2n) is 8.63. The van der Waals surface area contributed by atoms with Crippen LogP contribution in [0.5, 0.6) is 0 Å². The summed E-state index contributed by atoms with van der Waals surface area (Å²) >= 11 is 0. The van der Waals surface area contributed by atoms with Crippen LogP contribution in [0.1, 0.15) is 50.7 Å². The van der Waals surface area contributed by atoms with Gasteiger partial charge >= 0.3 is 0 Å². The third kappa shape index (κ3) is 6.96. The molecular formula is C26H36N2O2. The molecule has 2 aromatic rings. The van der Waals surface area contributed by atoms with Crippen molar-refractivity contribution in [1.29, 1.82) is 0 Å². The summed E-state index contributed by atoms with van der Waals surface area (Å²) in [5.74, 6) is -0.0311. The summed E-state index contributed by atoms with van der Waals surface area (Å²) in [6.45, 7) is 8.49. The minimum absolute atomic E-state index is 0.0311. The zero-order valence-electron chi connectivity index (χ0n) is 18.5. The molecule has 0 aromatic heterocycles. The SMILES string of the molecule is CCOC[C@@]1(CCc2ccccc2)CCCN(Cc2ccc(NC(C)=O)cc2)CC1. The fraction of sp³-hybridized carbons (Fsp3) is 0.500. The van der Waals surface area contributed by atoms with E-state index >= 15 is 0 Å². The lowest BCUT2D eigenvalue weighted by Gasteiger charge is -2.33. The Morgan fingerprint density at radius 1 is 1.03 bits per heavy atom. The summed E-state index contributed by atoms with van der Waals surface area (Å²) in [6.07, 6.45) is 5.95. The van der Waals surface area contributed by atoms with Crippen LogP contribution >= 0.6 is 0 Å². The number of aryl methyl sites for hydroxylation is 1. The Labute approximate surface area is 181 Å². The van der Waals surface area contributed by atoms with Crippen LogP contribution in [0, 0.1) is 5.41 Å². The Bertz CT molecular complexity index is 775. The molecule has 162 valence electrons. The predicted molar refractivity (Wildman–Crippen MR) is 124 cm³/mol. The predicted octanol–water partition coefficient (Wildman–Crippen LogP) is 5.29. The van der Waals surface area contributed by atoms with Crippen molar-refractivity contribution < 1.29 is 9.53 Å². The lowest BCUT2D eigenvalue weighted by atomic mass is 9.76. The summed E-state index contributed by atoms with van der Waals surface area (Å²) in [5.41, 5.74) is 3.86. The first-order valence-electron chi connectivity index (χ1n) is 11.3. The van der Waals surface area contributed by atoms with Crippen LogP contribution in [0.25, 0.3) is 0 Å². The van der Waals surface area contributed by atoms with Crippen molar-refractivity contribution in [3.8, 4) is 0 Å². The minimum Gasteiger partial charge on any atom is -0.381 e. The van der Waals surface area contributed by atoms with Crippen LogP contribution in [-0.4, -0.2) is 37.1 Å². The topological polar surface area (TPSA) is 41.6 Å². The van der Waals surface area contributed by atoms with E-state index in [1.165, 1.54) is 43.7 Å².